The number of rotatable bonds is 4. The highest BCUT2D eigenvalue weighted by Crippen LogP contribution is 2.28. The van der Waals surface area contributed by atoms with Gasteiger partial charge in [0.25, 0.3) is 5.56 Å². The first-order valence-corrected chi connectivity index (χ1v) is 9.53. The van der Waals surface area contributed by atoms with Gasteiger partial charge in [0.2, 0.25) is 0 Å². The zero-order valence-electron chi connectivity index (χ0n) is 15.6. The van der Waals surface area contributed by atoms with Crippen LogP contribution in [0.4, 0.5) is 11.6 Å². The summed E-state index contributed by atoms with van der Waals surface area (Å²) in [5.74, 6) is 2.39. The molecule has 8 heteroatoms. The van der Waals surface area contributed by atoms with Crippen LogP contribution in [0, 0.1) is 6.92 Å². The second-order valence-corrected chi connectivity index (χ2v) is 7.32. The standard InChI is InChI=1S/C20H21N7O/c1-11-8-18(26-24-11)23-19-13-4-2-3-5-15(13)21-17(22-19)10-12-6-7-14-16(9-12)25-27-20(14)28/h6-9H,2-5,10H2,1H3,(H2,25,27,28)(H2,21,22,23,24,26). The minimum atomic E-state index is -0.104. The number of fused-ring (bicyclic) bond motifs is 2. The highest BCUT2D eigenvalue weighted by molar-refractivity contribution is 5.78. The van der Waals surface area contributed by atoms with E-state index in [4.69, 9.17) is 9.97 Å². The van der Waals surface area contributed by atoms with Crippen molar-refractivity contribution in [2.45, 2.75) is 39.0 Å². The third kappa shape index (κ3) is 3.06. The van der Waals surface area contributed by atoms with Crippen molar-refractivity contribution >= 4 is 22.5 Å². The molecular weight excluding hydrogens is 354 g/mol. The molecule has 3 aromatic heterocycles. The van der Waals surface area contributed by atoms with Crippen LogP contribution in [0.3, 0.4) is 0 Å². The van der Waals surface area contributed by atoms with E-state index >= 15 is 0 Å². The van der Waals surface area contributed by atoms with E-state index in [9.17, 15) is 4.79 Å². The van der Waals surface area contributed by atoms with Crippen molar-refractivity contribution in [1.82, 2.24) is 30.4 Å². The van der Waals surface area contributed by atoms with Gasteiger partial charge in [-0.15, -0.1) is 0 Å². The quantitative estimate of drug-likeness (QED) is 0.438. The molecule has 142 valence electrons. The molecule has 0 bridgehead atoms. The average molecular weight is 375 g/mol. The maximum Gasteiger partial charge on any atom is 0.271 e. The molecule has 5 rings (SSSR count). The van der Waals surface area contributed by atoms with Crippen LogP contribution < -0.4 is 10.9 Å². The monoisotopic (exact) mass is 375 g/mol. The van der Waals surface area contributed by atoms with E-state index in [0.29, 0.717) is 11.8 Å². The van der Waals surface area contributed by atoms with Gasteiger partial charge in [0.05, 0.1) is 10.9 Å². The van der Waals surface area contributed by atoms with E-state index in [2.05, 4.69) is 25.7 Å². The van der Waals surface area contributed by atoms with Crippen LogP contribution in [0.2, 0.25) is 0 Å². The summed E-state index contributed by atoms with van der Waals surface area (Å²) in [7, 11) is 0. The van der Waals surface area contributed by atoms with Crippen molar-refractivity contribution in [1.29, 1.82) is 0 Å². The Morgan fingerprint density at radius 3 is 2.86 bits per heavy atom. The zero-order chi connectivity index (χ0) is 19.1. The molecule has 4 aromatic rings. The molecule has 1 aliphatic carbocycles. The smallest absolute Gasteiger partial charge is 0.271 e. The van der Waals surface area contributed by atoms with Gasteiger partial charge in [0.1, 0.15) is 11.6 Å². The fourth-order valence-corrected chi connectivity index (χ4v) is 3.81. The van der Waals surface area contributed by atoms with Gasteiger partial charge in [-0.25, -0.2) is 9.97 Å². The molecule has 1 aromatic carbocycles. The Morgan fingerprint density at radius 2 is 2.00 bits per heavy atom. The average Bonchev–Trinajstić information content (AvgIpc) is 3.27. The van der Waals surface area contributed by atoms with Gasteiger partial charge >= 0.3 is 0 Å². The summed E-state index contributed by atoms with van der Waals surface area (Å²) in [5.41, 5.74) is 5.07. The SMILES string of the molecule is Cc1cc(Nc2nc(Cc3ccc4c(=O)[nH][nH]c4c3)nc3c2CCCC3)n[nH]1. The lowest BCUT2D eigenvalue weighted by atomic mass is 9.96. The molecule has 0 aliphatic heterocycles. The van der Waals surface area contributed by atoms with Crippen molar-refractivity contribution in [2.24, 2.45) is 0 Å². The first-order chi connectivity index (χ1) is 13.7. The fraction of sp³-hybridized carbons (Fsp3) is 0.300. The number of aryl methyl sites for hydroxylation is 2. The summed E-state index contributed by atoms with van der Waals surface area (Å²) in [6.45, 7) is 1.97. The van der Waals surface area contributed by atoms with Crippen LogP contribution in [-0.4, -0.2) is 30.4 Å². The van der Waals surface area contributed by atoms with Gasteiger partial charge in [0, 0.05) is 29.4 Å². The molecule has 0 atom stereocenters. The van der Waals surface area contributed by atoms with Crippen LogP contribution in [0.15, 0.2) is 29.1 Å². The summed E-state index contributed by atoms with van der Waals surface area (Å²) < 4.78 is 0. The number of H-pyrrole nitrogens is 3. The molecule has 8 nitrogen and oxygen atoms in total. The molecule has 0 spiro atoms. The fourth-order valence-electron chi connectivity index (χ4n) is 3.81. The van der Waals surface area contributed by atoms with Crippen LogP contribution in [0.5, 0.6) is 0 Å². The predicted molar refractivity (Wildman–Crippen MR) is 107 cm³/mol. The molecule has 28 heavy (non-hydrogen) atoms. The number of nitrogens with zero attached hydrogens (tertiary/aromatic N) is 3. The van der Waals surface area contributed by atoms with Gasteiger partial charge in [-0.05, 0) is 50.3 Å². The third-order valence-electron chi connectivity index (χ3n) is 5.18. The summed E-state index contributed by atoms with van der Waals surface area (Å²) >= 11 is 0. The summed E-state index contributed by atoms with van der Waals surface area (Å²) in [5, 5.41) is 16.8. The number of benzene rings is 1. The highest BCUT2D eigenvalue weighted by atomic mass is 16.1. The number of nitrogens with one attached hydrogen (secondary N) is 4. The van der Waals surface area contributed by atoms with E-state index in [-0.39, 0.29) is 5.56 Å². The molecule has 0 saturated carbocycles. The molecule has 0 fully saturated rings. The lowest BCUT2D eigenvalue weighted by Gasteiger charge is -2.19. The van der Waals surface area contributed by atoms with Crippen molar-refractivity contribution in [3.8, 4) is 0 Å². The molecule has 3 heterocycles. The maximum absolute atomic E-state index is 11.7. The van der Waals surface area contributed by atoms with Gasteiger partial charge in [-0.1, -0.05) is 6.07 Å². The molecular formula is C20H21N7O. The van der Waals surface area contributed by atoms with Crippen LogP contribution in [0.25, 0.3) is 10.9 Å². The molecule has 0 saturated heterocycles. The molecule has 1 aliphatic rings. The first kappa shape index (κ1) is 16.7. The van der Waals surface area contributed by atoms with Gasteiger partial charge in [0.15, 0.2) is 5.82 Å². The number of aromatic amines is 3. The minimum absolute atomic E-state index is 0.104. The predicted octanol–water partition coefficient (Wildman–Crippen LogP) is 2.89. The van der Waals surface area contributed by atoms with Gasteiger partial charge in [-0.3, -0.25) is 20.1 Å². The van der Waals surface area contributed by atoms with Gasteiger partial charge < -0.3 is 5.32 Å². The number of hydrogen-bond donors (Lipinski definition) is 4. The second kappa shape index (κ2) is 6.63. The van der Waals surface area contributed by atoms with Crippen molar-refractivity contribution in [3.63, 3.8) is 0 Å². The van der Waals surface area contributed by atoms with E-state index in [1.54, 1.807) is 0 Å². The van der Waals surface area contributed by atoms with Crippen LogP contribution in [-0.2, 0) is 19.3 Å². The largest absolute Gasteiger partial charge is 0.323 e. The first-order valence-electron chi connectivity index (χ1n) is 9.53. The Bertz CT molecular complexity index is 1220. The van der Waals surface area contributed by atoms with Crippen molar-refractivity contribution in [3.05, 3.63) is 63.0 Å². The van der Waals surface area contributed by atoms with E-state index < -0.39 is 0 Å². The summed E-state index contributed by atoms with van der Waals surface area (Å²) in [6.07, 6.45) is 4.87. The zero-order valence-corrected chi connectivity index (χ0v) is 15.6. The van der Waals surface area contributed by atoms with E-state index in [1.807, 2.05) is 31.2 Å². The number of aromatic nitrogens is 6. The summed E-state index contributed by atoms with van der Waals surface area (Å²) in [6, 6.07) is 7.73. The Kier molecular flexibility index (Phi) is 3.96. The lowest BCUT2D eigenvalue weighted by molar-refractivity contribution is 0.658. The minimum Gasteiger partial charge on any atom is -0.323 e. The van der Waals surface area contributed by atoms with Gasteiger partial charge in [-0.2, -0.15) is 5.10 Å². The lowest BCUT2D eigenvalue weighted by Crippen LogP contribution is -2.13. The highest BCUT2D eigenvalue weighted by Gasteiger charge is 2.19. The second-order valence-electron chi connectivity index (χ2n) is 7.32. The maximum atomic E-state index is 11.7. The summed E-state index contributed by atoms with van der Waals surface area (Å²) in [4.78, 5) is 21.4. The number of anilines is 2. The van der Waals surface area contributed by atoms with Crippen LogP contribution >= 0.6 is 0 Å². The Balaban J connectivity index is 1.51. The van der Waals surface area contributed by atoms with E-state index in [0.717, 1.165) is 65.6 Å². The molecule has 0 radical (unpaired) electrons. The van der Waals surface area contributed by atoms with Crippen LogP contribution in [0.1, 0.15) is 41.2 Å². The Hall–Kier alpha value is -3.42. The van der Waals surface area contributed by atoms with E-state index in [1.165, 1.54) is 5.56 Å². The number of hydrogen-bond acceptors (Lipinski definition) is 5. The molecule has 4 N–H and O–H groups in total. The Labute approximate surface area is 160 Å². The molecule has 0 unspecified atom stereocenters. The Morgan fingerprint density at radius 1 is 1.11 bits per heavy atom. The normalized spacial score (nSPS) is 13.6. The topological polar surface area (TPSA) is 115 Å². The molecule has 0 amide bonds. The van der Waals surface area contributed by atoms with Crippen molar-refractivity contribution in [2.75, 3.05) is 5.32 Å². The van der Waals surface area contributed by atoms with Crippen molar-refractivity contribution < 1.29 is 0 Å². The third-order valence-corrected chi connectivity index (χ3v) is 5.18.